The number of halogens is 1. The maximum atomic E-state index is 5.70. The Morgan fingerprint density at radius 3 is 2.69 bits per heavy atom. The molecule has 1 aromatic carbocycles. The first-order chi connectivity index (χ1) is 7.65. The summed E-state index contributed by atoms with van der Waals surface area (Å²) >= 11 is 3.39. The van der Waals surface area contributed by atoms with Gasteiger partial charge in [0.2, 0.25) is 5.89 Å². The summed E-state index contributed by atoms with van der Waals surface area (Å²) < 4.78 is 6.45. The third kappa shape index (κ3) is 2.71. The normalized spacial score (nSPS) is 12.7. The molecule has 0 bridgehead atoms. The van der Waals surface area contributed by atoms with Gasteiger partial charge < -0.3 is 10.2 Å². The van der Waals surface area contributed by atoms with E-state index in [9.17, 15) is 0 Å². The molecule has 0 saturated heterocycles. The van der Waals surface area contributed by atoms with Crippen LogP contribution in [0.15, 0.2) is 39.4 Å². The zero-order chi connectivity index (χ0) is 11.5. The van der Waals surface area contributed by atoms with E-state index < -0.39 is 0 Å². The molecule has 1 unspecified atom stereocenters. The number of oxazole rings is 1. The number of hydrogen-bond donors (Lipinski definition) is 1. The molecular weight excluding hydrogens is 268 g/mol. The van der Waals surface area contributed by atoms with Crippen molar-refractivity contribution in [2.45, 2.75) is 19.4 Å². The van der Waals surface area contributed by atoms with Crippen LogP contribution in [0.3, 0.4) is 0 Å². The van der Waals surface area contributed by atoms with Gasteiger partial charge in [-0.25, -0.2) is 4.98 Å². The van der Waals surface area contributed by atoms with Crippen molar-refractivity contribution in [2.24, 2.45) is 5.73 Å². The van der Waals surface area contributed by atoms with E-state index in [0.29, 0.717) is 5.89 Å². The highest BCUT2D eigenvalue weighted by molar-refractivity contribution is 9.10. The van der Waals surface area contributed by atoms with Crippen LogP contribution in [0.1, 0.15) is 12.6 Å². The molecule has 1 aromatic heterocycles. The van der Waals surface area contributed by atoms with Crippen LogP contribution in [0, 0.1) is 0 Å². The summed E-state index contributed by atoms with van der Waals surface area (Å²) in [6.45, 7) is 1.95. The molecule has 1 heterocycles. The molecular formula is C12H13BrN2O. The SMILES string of the molecule is CC(N)Cc1coc(-c2ccc(Br)cc2)n1. The van der Waals surface area contributed by atoms with E-state index in [1.807, 2.05) is 31.2 Å². The molecule has 84 valence electrons. The summed E-state index contributed by atoms with van der Waals surface area (Å²) in [5.41, 5.74) is 7.57. The zero-order valence-electron chi connectivity index (χ0n) is 8.98. The van der Waals surface area contributed by atoms with Gasteiger partial charge in [0.15, 0.2) is 0 Å². The topological polar surface area (TPSA) is 52.0 Å². The summed E-state index contributed by atoms with van der Waals surface area (Å²) in [7, 11) is 0. The zero-order valence-corrected chi connectivity index (χ0v) is 10.6. The van der Waals surface area contributed by atoms with Gasteiger partial charge in [-0.2, -0.15) is 0 Å². The molecule has 4 heteroatoms. The molecule has 0 aliphatic heterocycles. The molecule has 0 aliphatic carbocycles. The van der Waals surface area contributed by atoms with Crippen LogP contribution in [0.2, 0.25) is 0 Å². The van der Waals surface area contributed by atoms with Gasteiger partial charge in [-0.15, -0.1) is 0 Å². The van der Waals surface area contributed by atoms with Gasteiger partial charge in [0.25, 0.3) is 0 Å². The van der Waals surface area contributed by atoms with Gasteiger partial charge in [0.05, 0.1) is 5.69 Å². The van der Waals surface area contributed by atoms with E-state index in [0.717, 1.165) is 22.2 Å². The third-order valence-electron chi connectivity index (χ3n) is 2.17. The standard InChI is InChI=1S/C12H13BrN2O/c1-8(14)6-11-7-16-12(15-11)9-2-4-10(13)5-3-9/h2-5,7-8H,6,14H2,1H3. The Kier molecular flexibility index (Phi) is 3.41. The fraction of sp³-hybridized carbons (Fsp3) is 0.250. The smallest absolute Gasteiger partial charge is 0.226 e. The highest BCUT2D eigenvalue weighted by Crippen LogP contribution is 2.21. The van der Waals surface area contributed by atoms with Gasteiger partial charge in [0.1, 0.15) is 6.26 Å². The molecule has 2 rings (SSSR count). The first-order valence-electron chi connectivity index (χ1n) is 5.11. The Balaban J connectivity index is 2.21. The van der Waals surface area contributed by atoms with E-state index in [1.54, 1.807) is 6.26 Å². The van der Waals surface area contributed by atoms with Crippen LogP contribution in [-0.2, 0) is 6.42 Å². The van der Waals surface area contributed by atoms with Crippen LogP contribution >= 0.6 is 15.9 Å². The first kappa shape index (κ1) is 11.4. The van der Waals surface area contributed by atoms with Gasteiger partial charge >= 0.3 is 0 Å². The molecule has 3 nitrogen and oxygen atoms in total. The molecule has 0 saturated carbocycles. The quantitative estimate of drug-likeness (QED) is 0.940. The van der Waals surface area contributed by atoms with E-state index in [4.69, 9.17) is 10.2 Å². The lowest BCUT2D eigenvalue weighted by atomic mass is 10.2. The monoisotopic (exact) mass is 280 g/mol. The number of aromatic nitrogens is 1. The lowest BCUT2D eigenvalue weighted by molar-refractivity contribution is 0.571. The molecule has 0 amide bonds. The van der Waals surface area contributed by atoms with E-state index in [1.165, 1.54) is 0 Å². The lowest BCUT2D eigenvalue weighted by Gasteiger charge is -1.98. The van der Waals surface area contributed by atoms with Crippen LogP contribution in [0.5, 0.6) is 0 Å². The van der Waals surface area contributed by atoms with Crippen molar-refractivity contribution < 1.29 is 4.42 Å². The summed E-state index contributed by atoms with van der Waals surface area (Å²) in [5.74, 6) is 0.642. The second-order valence-electron chi connectivity index (χ2n) is 3.83. The molecule has 0 spiro atoms. The first-order valence-corrected chi connectivity index (χ1v) is 5.90. The van der Waals surface area contributed by atoms with Crippen LogP contribution in [-0.4, -0.2) is 11.0 Å². The molecule has 1 atom stereocenters. The van der Waals surface area contributed by atoms with Crippen molar-refractivity contribution >= 4 is 15.9 Å². The minimum absolute atomic E-state index is 0.0999. The van der Waals surface area contributed by atoms with Crippen LogP contribution < -0.4 is 5.73 Å². The molecule has 16 heavy (non-hydrogen) atoms. The van der Waals surface area contributed by atoms with E-state index in [2.05, 4.69) is 20.9 Å². The Hall–Kier alpha value is -1.13. The van der Waals surface area contributed by atoms with Gasteiger partial charge in [-0.1, -0.05) is 15.9 Å². The molecule has 2 N–H and O–H groups in total. The minimum atomic E-state index is 0.0999. The van der Waals surface area contributed by atoms with Crippen molar-refractivity contribution in [2.75, 3.05) is 0 Å². The maximum Gasteiger partial charge on any atom is 0.226 e. The van der Waals surface area contributed by atoms with Crippen molar-refractivity contribution in [3.05, 3.63) is 40.7 Å². The lowest BCUT2D eigenvalue weighted by Crippen LogP contribution is -2.17. The average Bonchev–Trinajstić information content (AvgIpc) is 2.66. The Labute approximate surface area is 103 Å². The second-order valence-corrected chi connectivity index (χ2v) is 4.75. The predicted octanol–water partition coefficient (Wildman–Crippen LogP) is 2.99. The average molecular weight is 281 g/mol. The fourth-order valence-corrected chi connectivity index (χ4v) is 1.72. The number of benzene rings is 1. The van der Waals surface area contributed by atoms with Crippen molar-refractivity contribution in [1.82, 2.24) is 4.98 Å². The second kappa shape index (κ2) is 4.80. The molecule has 2 aromatic rings. The molecule has 0 aliphatic rings. The Morgan fingerprint density at radius 1 is 1.38 bits per heavy atom. The largest absolute Gasteiger partial charge is 0.444 e. The minimum Gasteiger partial charge on any atom is -0.444 e. The summed E-state index contributed by atoms with van der Waals surface area (Å²) in [6, 6.07) is 7.95. The highest BCUT2D eigenvalue weighted by Gasteiger charge is 2.07. The number of hydrogen-bond acceptors (Lipinski definition) is 3. The highest BCUT2D eigenvalue weighted by atomic mass is 79.9. The predicted molar refractivity (Wildman–Crippen MR) is 67.0 cm³/mol. The van der Waals surface area contributed by atoms with Crippen molar-refractivity contribution in [3.8, 4) is 11.5 Å². The third-order valence-corrected chi connectivity index (χ3v) is 2.70. The van der Waals surface area contributed by atoms with Crippen molar-refractivity contribution in [1.29, 1.82) is 0 Å². The fourth-order valence-electron chi connectivity index (χ4n) is 1.46. The van der Waals surface area contributed by atoms with Gasteiger partial charge in [-0.3, -0.25) is 0 Å². The van der Waals surface area contributed by atoms with Crippen molar-refractivity contribution in [3.63, 3.8) is 0 Å². The summed E-state index contributed by atoms with van der Waals surface area (Å²) in [6.07, 6.45) is 2.40. The van der Waals surface area contributed by atoms with E-state index in [-0.39, 0.29) is 6.04 Å². The van der Waals surface area contributed by atoms with E-state index >= 15 is 0 Å². The van der Waals surface area contributed by atoms with Gasteiger partial charge in [-0.05, 0) is 31.2 Å². The summed E-state index contributed by atoms with van der Waals surface area (Å²) in [4.78, 5) is 4.39. The molecule has 0 fully saturated rings. The van der Waals surface area contributed by atoms with Crippen LogP contribution in [0.25, 0.3) is 11.5 Å². The number of nitrogens with zero attached hydrogens (tertiary/aromatic N) is 1. The summed E-state index contributed by atoms with van der Waals surface area (Å²) in [5, 5.41) is 0. The van der Waals surface area contributed by atoms with Gasteiger partial charge in [0, 0.05) is 22.5 Å². The van der Waals surface area contributed by atoms with Crippen LogP contribution in [0.4, 0.5) is 0 Å². The Bertz CT molecular complexity index is 462. The molecule has 0 radical (unpaired) electrons. The Morgan fingerprint density at radius 2 is 2.06 bits per heavy atom. The number of nitrogens with two attached hydrogens (primary N) is 1. The maximum absolute atomic E-state index is 5.70. The number of rotatable bonds is 3.